The minimum Gasteiger partial charge on any atom is -0.359 e. The molecular formula is C8H8F3N. The van der Waals surface area contributed by atoms with Crippen LogP contribution in [0.25, 0.3) is 0 Å². The van der Waals surface area contributed by atoms with Crippen molar-refractivity contribution in [3.05, 3.63) is 30.2 Å². The second-order valence-corrected chi connectivity index (χ2v) is 2.50. The molecule has 0 aliphatic carbocycles. The second-order valence-electron chi connectivity index (χ2n) is 2.50. The van der Waals surface area contributed by atoms with Crippen molar-refractivity contribution < 1.29 is 13.2 Å². The summed E-state index contributed by atoms with van der Waals surface area (Å²) in [4.78, 5) is 1.07. The van der Waals surface area contributed by atoms with Gasteiger partial charge in [0.2, 0.25) is 0 Å². The molecule has 0 amide bonds. The van der Waals surface area contributed by atoms with Gasteiger partial charge in [0.15, 0.2) is 0 Å². The third-order valence-electron chi connectivity index (χ3n) is 1.54. The lowest BCUT2D eigenvalue weighted by Crippen LogP contribution is -2.38. The van der Waals surface area contributed by atoms with Crippen molar-refractivity contribution in [1.82, 2.24) is 4.90 Å². The maximum atomic E-state index is 12.2. The summed E-state index contributed by atoms with van der Waals surface area (Å²) >= 11 is 0. The molecule has 1 unspecified atom stereocenters. The van der Waals surface area contributed by atoms with E-state index in [9.17, 15) is 13.2 Å². The molecule has 0 aromatic carbocycles. The number of rotatable bonds is 0. The van der Waals surface area contributed by atoms with E-state index in [-0.39, 0.29) is 0 Å². The van der Waals surface area contributed by atoms with Gasteiger partial charge in [-0.1, -0.05) is 12.2 Å². The second kappa shape index (κ2) is 3.07. The Morgan fingerprint density at radius 2 is 2.08 bits per heavy atom. The molecule has 0 bridgehead atoms. The van der Waals surface area contributed by atoms with Gasteiger partial charge in [-0.3, -0.25) is 0 Å². The lowest BCUT2D eigenvalue weighted by atomic mass is 10.2. The molecule has 1 atom stereocenters. The zero-order chi connectivity index (χ0) is 9.19. The van der Waals surface area contributed by atoms with Crippen LogP contribution < -0.4 is 0 Å². The van der Waals surface area contributed by atoms with Gasteiger partial charge in [-0.25, -0.2) is 0 Å². The average molecular weight is 175 g/mol. The normalized spacial score (nSPS) is 23.0. The van der Waals surface area contributed by atoms with Gasteiger partial charge in [-0.05, 0) is 6.08 Å². The highest BCUT2D eigenvalue weighted by atomic mass is 19.4. The predicted octanol–water partition coefficient (Wildman–Crippen LogP) is 2.09. The molecule has 0 fully saturated rings. The summed E-state index contributed by atoms with van der Waals surface area (Å²) in [6.07, 6.45) is 0.941. The van der Waals surface area contributed by atoms with Crippen molar-refractivity contribution in [1.29, 1.82) is 0 Å². The smallest absolute Gasteiger partial charge is 0.359 e. The molecule has 1 aliphatic heterocycles. The summed E-state index contributed by atoms with van der Waals surface area (Å²) in [6.45, 7) is 0. The van der Waals surface area contributed by atoms with Crippen LogP contribution in [0.2, 0.25) is 0 Å². The summed E-state index contributed by atoms with van der Waals surface area (Å²) in [7, 11) is 1.37. The summed E-state index contributed by atoms with van der Waals surface area (Å²) < 4.78 is 36.7. The van der Waals surface area contributed by atoms with Crippen LogP contribution >= 0.6 is 0 Å². The minimum atomic E-state index is -4.22. The van der Waals surface area contributed by atoms with E-state index >= 15 is 0 Å². The topological polar surface area (TPSA) is 3.24 Å². The van der Waals surface area contributed by atoms with Crippen molar-refractivity contribution >= 4 is 0 Å². The van der Waals surface area contributed by atoms with E-state index in [0.29, 0.717) is 0 Å². The highest BCUT2D eigenvalue weighted by molar-refractivity contribution is 5.12. The van der Waals surface area contributed by atoms with Crippen LogP contribution in [0.1, 0.15) is 0 Å². The Kier molecular flexibility index (Phi) is 2.29. The van der Waals surface area contributed by atoms with Crippen molar-refractivity contribution in [2.75, 3.05) is 7.05 Å². The Hall–Kier alpha value is -1.15. The van der Waals surface area contributed by atoms with E-state index in [2.05, 4.69) is 5.73 Å². The van der Waals surface area contributed by atoms with Crippen LogP contribution in [-0.2, 0) is 0 Å². The van der Waals surface area contributed by atoms with Gasteiger partial charge in [-0.2, -0.15) is 13.2 Å². The maximum absolute atomic E-state index is 12.2. The van der Waals surface area contributed by atoms with Gasteiger partial charge in [0.25, 0.3) is 0 Å². The SMILES string of the molecule is CN1C=C=CC=CC1C(F)(F)F. The van der Waals surface area contributed by atoms with Crippen molar-refractivity contribution in [3.8, 4) is 0 Å². The van der Waals surface area contributed by atoms with E-state index in [1.807, 2.05) is 0 Å². The van der Waals surface area contributed by atoms with Gasteiger partial charge < -0.3 is 4.90 Å². The monoisotopic (exact) mass is 175 g/mol. The Balaban J connectivity index is 2.87. The summed E-state index contributed by atoms with van der Waals surface area (Å²) in [5.41, 5.74) is 2.59. The van der Waals surface area contributed by atoms with Crippen LogP contribution in [0.5, 0.6) is 0 Å². The van der Waals surface area contributed by atoms with E-state index in [4.69, 9.17) is 0 Å². The van der Waals surface area contributed by atoms with Crippen LogP contribution in [0.4, 0.5) is 13.2 Å². The Bertz CT molecular complexity index is 246. The number of alkyl halides is 3. The largest absolute Gasteiger partial charge is 0.412 e. The minimum absolute atomic E-state index is 1.07. The molecule has 1 aliphatic rings. The molecule has 12 heavy (non-hydrogen) atoms. The van der Waals surface area contributed by atoms with Crippen molar-refractivity contribution in [3.63, 3.8) is 0 Å². The Morgan fingerprint density at radius 1 is 1.42 bits per heavy atom. The quantitative estimate of drug-likeness (QED) is 0.509. The third-order valence-corrected chi connectivity index (χ3v) is 1.54. The molecule has 66 valence electrons. The number of halogens is 3. The Morgan fingerprint density at radius 3 is 2.67 bits per heavy atom. The summed E-state index contributed by atoms with van der Waals surface area (Å²) in [5.74, 6) is 0. The zero-order valence-corrected chi connectivity index (χ0v) is 6.47. The molecule has 0 saturated heterocycles. The zero-order valence-electron chi connectivity index (χ0n) is 6.47. The molecule has 0 aromatic heterocycles. The van der Waals surface area contributed by atoms with Gasteiger partial charge in [-0.15, -0.1) is 5.73 Å². The molecule has 0 N–H and O–H groups in total. The standard InChI is InChI=1S/C8H8F3N/c1-12-6-4-2-3-5-7(12)8(9,10)11/h2-3,5-7H,1H3. The van der Waals surface area contributed by atoms with Crippen LogP contribution in [-0.4, -0.2) is 24.2 Å². The average Bonchev–Trinajstić information content (AvgIpc) is 2.11. The van der Waals surface area contributed by atoms with Crippen molar-refractivity contribution in [2.24, 2.45) is 0 Å². The predicted molar refractivity (Wildman–Crippen MR) is 39.4 cm³/mol. The molecule has 1 nitrogen and oxygen atoms in total. The van der Waals surface area contributed by atoms with E-state index in [0.717, 1.165) is 11.0 Å². The number of allylic oxidation sites excluding steroid dienone is 2. The van der Waals surface area contributed by atoms with Crippen LogP contribution in [0, 0.1) is 0 Å². The van der Waals surface area contributed by atoms with Crippen LogP contribution in [0.15, 0.2) is 30.2 Å². The van der Waals surface area contributed by atoms with Crippen LogP contribution in [0.3, 0.4) is 0 Å². The first-order valence-electron chi connectivity index (χ1n) is 3.40. The first kappa shape index (κ1) is 8.94. The summed E-state index contributed by atoms with van der Waals surface area (Å²) in [5, 5.41) is 0. The molecule has 4 heteroatoms. The number of hydrogen-bond acceptors (Lipinski definition) is 1. The highest BCUT2D eigenvalue weighted by Gasteiger charge is 2.39. The van der Waals surface area contributed by atoms with Gasteiger partial charge in [0, 0.05) is 13.2 Å². The fourth-order valence-electron chi connectivity index (χ4n) is 0.933. The van der Waals surface area contributed by atoms with E-state index in [1.54, 1.807) is 0 Å². The third kappa shape index (κ3) is 1.92. The molecule has 1 rings (SSSR count). The lowest BCUT2D eigenvalue weighted by Gasteiger charge is -2.24. The van der Waals surface area contributed by atoms with E-state index < -0.39 is 12.2 Å². The number of nitrogens with zero attached hydrogens (tertiary/aromatic N) is 1. The van der Waals surface area contributed by atoms with Gasteiger partial charge in [0.1, 0.15) is 6.04 Å². The molecule has 0 spiro atoms. The fourth-order valence-corrected chi connectivity index (χ4v) is 0.933. The number of likely N-dealkylation sites (N-methyl/N-ethyl adjacent to an activating group) is 1. The number of hydrogen-bond donors (Lipinski definition) is 0. The van der Waals surface area contributed by atoms with Crippen molar-refractivity contribution in [2.45, 2.75) is 12.2 Å². The van der Waals surface area contributed by atoms with Gasteiger partial charge in [0.05, 0.1) is 0 Å². The molecule has 1 heterocycles. The van der Waals surface area contributed by atoms with Gasteiger partial charge >= 0.3 is 6.18 Å². The lowest BCUT2D eigenvalue weighted by molar-refractivity contribution is -0.160. The first-order chi connectivity index (χ1) is 5.52. The highest BCUT2D eigenvalue weighted by Crippen LogP contribution is 2.25. The molecule has 0 aromatic rings. The fraction of sp³-hybridized carbons (Fsp3) is 0.375. The molecular weight excluding hydrogens is 167 g/mol. The maximum Gasteiger partial charge on any atom is 0.412 e. The first-order valence-corrected chi connectivity index (χ1v) is 3.40. The molecule has 0 radical (unpaired) electrons. The Labute approximate surface area is 68.5 Å². The molecule has 0 saturated carbocycles. The van der Waals surface area contributed by atoms with E-state index in [1.165, 1.54) is 25.4 Å². The summed E-state index contributed by atoms with van der Waals surface area (Å²) in [6, 6.07) is -1.54.